The number of oxazole rings is 1. The largest absolute Gasteiger partial charge is 0.442 e. The van der Waals surface area contributed by atoms with Crippen molar-refractivity contribution in [3.63, 3.8) is 0 Å². The topological polar surface area (TPSA) is 137 Å². The summed E-state index contributed by atoms with van der Waals surface area (Å²) >= 11 is 0. The number of aromatic nitrogens is 2. The van der Waals surface area contributed by atoms with E-state index < -0.39 is 5.82 Å². The van der Waals surface area contributed by atoms with Crippen LogP contribution in [0, 0.1) is 24.1 Å². The van der Waals surface area contributed by atoms with Crippen LogP contribution in [0.2, 0.25) is 0 Å². The van der Waals surface area contributed by atoms with Crippen molar-refractivity contribution in [2.24, 2.45) is 10.7 Å². The molecule has 10 heteroatoms. The first-order chi connectivity index (χ1) is 18.4. The highest BCUT2D eigenvalue weighted by Gasteiger charge is 2.10. The average Bonchev–Trinajstić information content (AvgIpc) is 3.23. The Morgan fingerprint density at radius 2 is 2.16 bits per heavy atom. The second-order valence-corrected chi connectivity index (χ2v) is 8.16. The van der Waals surface area contributed by atoms with Crippen LogP contribution < -0.4 is 32.4 Å². The van der Waals surface area contributed by atoms with Crippen LogP contribution in [0.5, 0.6) is 0 Å². The van der Waals surface area contributed by atoms with Gasteiger partial charge in [-0.1, -0.05) is 19.6 Å². The predicted molar refractivity (Wildman–Crippen MR) is 148 cm³/mol. The van der Waals surface area contributed by atoms with Crippen LogP contribution in [0.4, 0.5) is 15.8 Å². The van der Waals surface area contributed by atoms with E-state index in [9.17, 15) is 9.65 Å². The molecule has 0 unspecified atom stereocenters. The molecule has 3 rings (SSSR count). The van der Waals surface area contributed by atoms with Crippen molar-refractivity contribution in [2.45, 2.75) is 33.6 Å². The van der Waals surface area contributed by atoms with Crippen LogP contribution in [0.3, 0.4) is 0 Å². The molecule has 9 nitrogen and oxygen atoms in total. The first-order valence-electron chi connectivity index (χ1n) is 12.0. The summed E-state index contributed by atoms with van der Waals surface area (Å²) in [5.74, 6) is 0.317. The van der Waals surface area contributed by atoms with Crippen LogP contribution in [0.15, 0.2) is 63.8 Å². The number of nitrogens with two attached hydrogens (primary N) is 1. The number of halogens is 1. The molecule has 0 aliphatic rings. The number of nitriles is 1. The third-order valence-corrected chi connectivity index (χ3v) is 5.52. The molecule has 0 amide bonds. The van der Waals surface area contributed by atoms with Crippen molar-refractivity contribution < 1.29 is 8.81 Å². The molecule has 5 N–H and O–H groups in total. The van der Waals surface area contributed by atoms with Gasteiger partial charge in [-0.05, 0) is 43.2 Å². The maximum absolute atomic E-state index is 13.8. The highest BCUT2D eigenvalue weighted by atomic mass is 19.1. The van der Waals surface area contributed by atoms with E-state index in [2.05, 4.69) is 44.4 Å². The van der Waals surface area contributed by atoms with Gasteiger partial charge >= 0.3 is 0 Å². The Balaban J connectivity index is 1.81. The molecular weight excluding hydrogens is 483 g/mol. The fourth-order valence-electron chi connectivity index (χ4n) is 3.70. The minimum Gasteiger partial charge on any atom is -0.442 e. The van der Waals surface area contributed by atoms with Crippen molar-refractivity contribution >= 4 is 30.2 Å². The highest BCUT2D eigenvalue weighted by molar-refractivity contribution is 5.67. The smallest absolute Gasteiger partial charge is 0.192 e. The minimum atomic E-state index is -0.567. The monoisotopic (exact) mass is 514 g/mol. The fraction of sp³-hybridized carbons (Fsp3) is 0.214. The Labute approximate surface area is 221 Å². The first-order valence-corrected chi connectivity index (χ1v) is 12.0. The number of pyridine rings is 1. The molecule has 2 heterocycles. The quantitative estimate of drug-likeness (QED) is 0.226. The summed E-state index contributed by atoms with van der Waals surface area (Å²) in [5, 5.41) is 19.5. The van der Waals surface area contributed by atoms with Crippen molar-refractivity contribution in [1.82, 2.24) is 20.6 Å². The van der Waals surface area contributed by atoms with Crippen molar-refractivity contribution in [3.05, 3.63) is 93.5 Å². The third-order valence-electron chi connectivity index (χ3n) is 5.52. The lowest BCUT2D eigenvalue weighted by Gasteiger charge is -2.18. The number of allylic oxidation sites excluding steroid dienone is 2. The van der Waals surface area contributed by atoms with Crippen LogP contribution in [0.25, 0.3) is 12.7 Å². The van der Waals surface area contributed by atoms with Gasteiger partial charge in [0, 0.05) is 31.3 Å². The third kappa shape index (κ3) is 7.30. The van der Waals surface area contributed by atoms with Crippen LogP contribution in [0.1, 0.15) is 36.4 Å². The molecule has 0 radical (unpaired) electrons. The SMILES string of the molecule is C=c1oc(C)n/c1=C/C=C/N/C(N)=C(/Cc1ccc(F)c(C#N)c1)NCNc1cncc(N=CC)c1CC. The lowest BCUT2D eigenvalue weighted by Crippen LogP contribution is -2.30. The molecule has 38 heavy (non-hydrogen) atoms. The number of nitrogens with one attached hydrogen (secondary N) is 3. The van der Waals surface area contributed by atoms with Gasteiger partial charge in [-0.15, -0.1) is 0 Å². The van der Waals surface area contributed by atoms with E-state index in [4.69, 9.17) is 10.2 Å². The summed E-state index contributed by atoms with van der Waals surface area (Å²) in [6.45, 7) is 9.80. The fourth-order valence-corrected chi connectivity index (χ4v) is 3.70. The maximum atomic E-state index is 13.8. The van der Waals surface area contributed by atoms with Gasteiger partial charge in [0.1, 0.15) is 28.5 Å². The van der Waals surface area contributed by atoms with Crippen molar-refractivity contribution in [3.8, 4) is 6.07 Å². The van der Waals surface area contributed by atoms with Gasteiger partial charge in [-0.25, -0.2) is 9.37 Å². The number of aryl methyl sites for hydroxylation is 1. The van der Waals surface area contributed by atoms with E-state index in [1.165, 1.54) is 12.1 Å². The van der Waals surface area contributed by atoms with E-state index in [0.29, 0.717) is 41.3 Å². The normalized spacial score (nSPS) is 12.6. The van der Waals surface area contributed by atoms with Gasteiger partial charge in [-0.2, -0.15) is 5.26 Å². The Morgan fingerprint density at radius 1 is 1.34 bits per heavy atom. The Kier molecular flexibility index (Phi) is 9.77. The van der Waals surface area contributed by atoms with Crippen molar-refractivity contribution in [1.29, 1.82) is 5.26 Å². The summed E-state index contributed by atoms with van der Waals surface area (Å²) in [6.07, 6.45) is 11.5. The average molecular weight is 515 g/mol. The van der Waals surface area contributed by atoms with Gasteiger partial charge in [0.25, 0.3) is 0 Å². The minimum absolute atomic E-state index is 0.0279. The molecular formula is C28H31FN8O. The van der Waals surface area contributed by atoms with Gasteiger partial charge in [-0.3, -0.25) is 9.98 Å². The molecule has 0 atom stereocenters. The zero-order valence-electron chi connectivity index (χ0n) is 21.7. The molecule has 0 fully saturated rings. The van der Waals surface area contributed by atoms with Crippen LogP contribution in [-0.4, -0.2) is 22.9 Å². The first kappa shape index (κ1) is 27.7. The number of nitrogens with zero attached hydrogens (tertiary/aromatic N) is 4. The van der Waals surface area contributed by atoms with E-state index in [-0.39, 0.29) is 5.56 Å². The molecule has 0 aliphatic carbocycles. The number of rotatable bonds is 11. The number of anilines is 1. The highest BCUT2D eigenvalue weighted by Crippen LogP contribution is 2.25. The Hall–Kier alpha value is -4.91. The maximum Gasteiger partial charge on any atom is 0.192 e. The Bertz CT molecular complexity index is 1510. The lowest BCUT2D eigenvalue weighted by molar-refractivity contribution is 0.493. The second-order valence-electron chi connectivity index (χ2n) is 8.16. The molecule has 1 aromatic carbocycles. The standard InChI is InChI=1S/C28H31FN8O/c1-5-22-26(33-6-2)15-32-16-27(22)36-17-35-25(13-20-9-10-23(29)21(12-20)14-30)28(31)34-11-7-8-24-18(3)38-19(4)37-24/h6-12,15-16,34-36H,3,5,13,17,31H2,1-2,4H3/b11-7+,24-8+,28-25-,33-6?. The molecule has 196 valence electrons. The summed E-state index contributed by atoms with van der Waals surface area (Å²) in [7, 11) is 0. The number of hydrogen-bond acceptors (Lipinski definition) is 9. The molecule has 2 aromatic heterocycles. The molecule has 0 spiro atoms. The molecule has 3 aromatic rings. The van der Waals surface area contributed by atoms with Gasteiger partial charge in [0.15, 0.2) is 5.89 Å². The summed E-state index contributed by atoms with van der Waals surface area (Å²) in [6, 6.07) is 6.28. The van der Waals surface area contributed by atoms with E-state index in [1.807, 2.05) is 13.0 Å². The summed E-state index contributed by atoms with van der Waals surface area (Å²) < 4.78 is 19.2. The molecule has 0 saturated heterocycles. The zero-order valence-corrected chi connectivity index (χ0v) is 21.7. The Morgan fingerprint density at radius 3 is 2.84 bits per heavy atom. The van der Waals surface area contributed by atoms with Gasteiger partial charge in [0.2, 0.25) is 0 Å². The predicted octanol–water partition coefficient (Wildman–Crippen LogP) is 3.00. The van der Waals surface area contributed by atoms with E-state index in [1.54, 1.807) is 50.0 Å². The second kappa shape index (κ2) is 13.4. The van der Waals surface area contributed by atoms with Crippen LogP contribution >= 0.6 is 0 Å². The number of hydrogen-bond donors (Lipinski definition) is 4. The zero-order chi connectivity index (χ0) is 27.5. The van der Waals surface area contributed by atoms with Crippen LogP contribution in [-0.2, 0) is 12.8 Å². The summed E-state index contributed by atoms with van der Waals surface area (Å²) in [5.41, 5.74) is 10.9. The molecule has 0 bridgehead atoms. The van der Waals surface area contributed by atoms with Gasteiger partial charge < -0.3 is 26.1 Å². The molecule has 0 aliphatic heterocycles. The summed E-state index contributed by atoms with van der Waals surface area (Å²) in [4.78, 5) is 12.9. The van der Waals surface area contributed by atoms with Crippen molar-refractivity contribution in [2.75, 3.05) is 12.0 Å². The number of benzene rings is 1. The van der Waals surface area contributed by atoms with E-state index in [0.717, 1.165) is 28.9 Å². The van der Waals surface area contributed by atoms with Gasteiger partial charge in [0.05, 0.1) is 41.7 Å². The number of aliphatic imine (C=N–C) groups is 1. The lowest BCUT2D eigenvalue weighted by atomic mass is 10.1. The van der Waals surface area contributed by atoms with E-state index >= 15 is 0 Å². The molecule has 0 saturated carbocycles.